The van der Waals surface area contributed by atoms with E-state index < -0.39 is 5.97 Å². The van der Waals surface area contributed by atoms with Crippen LogP contribution in [0.25, 0.3) is 27.9 Å². The molecular formula is C36H33N3O2S. The summed E-state index contributed by atoms with van der Waals surface area (Å²) in [7, 11) is 0. The molecule has 0 bridgehead atoms. The van der Waals surface area contributed by atoms with Crippen molar-refractivity contribution in [2.75, 3.05) is 4.90 Å². The quantitative estimate of drug-likeness (QED) is 0.101. The molecular weight excluding hydrogens is 538 g/mol. The Morgan fingerprint density at radius 2 is 1.57 bits per heavy atom. The Kier molecular flexibility index (Phi) is 8.03. The van der Waals surface area contributed by atoms with Gasteiger partial charge in [-0.3, -0.25) is 0 Å². The summed E-state index contributed by atoms with van der Waals surface area (Å²) in [5.41, 5.74) is 6.15. The summed E-state index contributed by atoms with van der Waals surface area (Å²) in [6.07, 6.45) is 9.07. The molecule has 1 N–H and O–H groups in total. The molecule has 6 rings (SSSR count). The molecule has 0 amide bonds. The summed E-state index contributed by atoms with van der Waals surface area (Å²) in [5, 5.41) is 21.1. The first-order valence-electron chi connectivity index (χ1n) is 14.7. The van der Waals surface area contributed by atoms with Gasteiger partial charge in [0.1, 0.15) is 11.6 Å². The number of aliphatic carboxylic acids is 1. The van der Waals surface area contributed by atoms with Gasteiger partial charge in [-0.15, -0.1) is 0 Å². The number of hydrogen-bond donors (Lipinski definition) is 1. The van der Waals surface area contributed by atoms with Crippen molar-refractivity contribution in [2.24, 2.45) is 0 Å². The molecule has 1 aromatic heterocycles. The van der Waals surface area contributed by atoms with Crippen molar-refractivity contribution in [1.29, 1.82) is 5.26 Å². The van der Waals surface area contributed by atoms with Gasteiger partial charge in [-0.05, 0) is 66.6 Å². The SMILES string of the molecule is CCCCCCCCn1c2ccccc2c2cc(N3c4ccccc4Sc4cc(/C=C(/C#N)C(=O)O)ccc43)ccc21. The molecule has 0 spiro atoms. The molecule has 0 saturated carbocycles. The lowest BCUT2D eigenvalue weighted by molar-refractivity contribution is -0.132. The third-order valence-corrected chi connectivity index (χ3v) is 9.07. The summed E-state index contributed by atoms with van der Waals surface area (Å²) in [6.45, 7) is 3.27. The smallest absolute Gasteiger partial charge is 0.346 e. The second kappa shape index (κ2) is 12.2. The number of hydrogen-bond acceptors (Lipinski definition) is 4. The molecule has 6 heteroatoms. The van der Waals surface area contributed by atoms with E-state index in [9.17, 15) is 15.2 Å². The maximum Gasteiger partial charge on any atom is 0.346 e. The van der Waals surface area contributed by atoms with Crippen LogP contribution in [-0.4, -0.2) is 15.6 Å². The number of carbonyl (C=O) groups is 1. The van der Waals surface area contributed by atoms with Crippen molar-refractivity contribution < 1.29 is 9.90 Å². The van der Waals surface area contributed by atoms with Crippen LogP contribution in [0.3, 0.4) is 0 Å². The van der Waals surface area contributed by atoms with Gasteiger partial charge >= 0.3 is 5.97 Å². The maximum atomic E-state index is 11.4. The topological polar surface area (TPSA) is 69.3 Å². The second-order valence-electron chi connectivity index (χ2n) is 10.7. The molecule has 4 aromatic carbocycles. The van der Waals surface area contributed by atoms with Crippen molar-refractivity contribution in [3.05, 3.63) is 96.1 Å². The Hall–Kier alpha value is -4.47. The lowest BCUT2D eigenvalue weighted by atomic mass is 10.1. The highest BCUT2D eigenvalue weighted by Crippen LogP contribution is 2.52. The van der Waals surface area contributed by atoms with Crippen LogP contribution in [-0.2, 0) is 11.3 Å². The Morgan fingerprint density at radius 1 is 0.833 bits per heavy atom. The van der Waals surface area contributed by atoms with E-state index in [1.165, 1.54) is 66.4 Å². The van der Waals surface area contributed by atoms with Crippen LogP contribution in [0.15, 0.2) is 100 Å². The highest BCUT2D eigenvalue weighted by molar-refractivity contribution is 7.99. The van der Waals surface area contributed by atoms with Gasteiger partial charge in [0.15, 0.2) is 0 Å². The predicted molar refractivity (Wildman–Crippen MR) is 173 cm³/mol. The highest BCUT2D eigenvalue weighted by Gasteiger charge is 2.25. The van der Waals surface area contributed by atoms with Gasteiger partial charge in [-0.2, -0.15) is 5.26 Å². The van der Waals surface area contributed by atoms with Crippen LogP contribution in [0.2, 0.25) is 0 Å². The number of nitriles is 1. The van der Waals surface area contributed by atoms with E-state index in [2.05, 4.69) is 77.1 Å². The van der Waals surface area contributed by atoms with E-state index in [1.807, 2.05) is 24.3 Å². The number of para-hydroxylation sites is 2. The summed E-state index contributed by atoms with van der Waals surface area (Å²) in [5.74, 6) is -1.22. The highest BCUT2D eigenvalue weighted by atomic mass is 32.2. The minimum atomic E-state index is -1.22. The van der Waals surface area contributed by atoms with Crippen molar-refractivity contribution in [3.63, 3.8) is 0 Å². The summed E-state index contributed by atoms with van der Waals surface area (Å²) >= 11 is 1.66. The summed E-state index contributed by atoms with van der Waals surface area (Å²) in [4.78, 5) is 15.9. The van der Waals surface area contributed by atoms with E-state index in [-0.39, 0.29) is 5.57 Å². The largest absolute Gasteiger partial charge is 0.477 e. The number of aromatic nitrogens is 1. The standard InChI is InChI=1S/C36H33N3O2S/c1-2-3-4-5-6-11-20-38-30-13-8-7-12-28(30)29-23-27(17-19-31(29)38)39-32-14-9-10-15-34(32)42-35-22-25(16-18-33(35)39)21-26(24-37)36(40)41/h7-10,12-19,21-23H,2-6,11,20H2,1H3,(H,40,41)/b26-21-. The molecule has 2 heterocycles. The number of carboxylic acids is 1. The fourth-order valence-electron chi connectivity index (χ4n) is 5.92. The Labute approximate surface area is 250 Å². The average molecular weight is 572 g/mol. The number of benzene rings is 4. The van der Waals surface area contributed by atoms with E-state index in [0.717, 1.165) is 33.4 Å². The van der Waals surface area contributed by atoms with Crippen molar-refractivity contribution in [1.82, 2.24) is 4.57 Å². The fourth-order valence-corrected chi connectivity index (χ4v) is 7.03. The monoisotopic (exact) mass is 571 g/mol. The van der Waals surface area contributed by atoms with Gasteiger partial charge in [-0.1, -0.05) is 87.2 Å². The summed E-state index contributed by atoms with van der Waals surface area (Å²) < 4.78 is 2.48. The molecule has 210 valence electrons. The van der Waals surface area contributed by atoms with Crippen LogP contribution in [0.1, 0.15) is 51.0 Å². The van der Waals surface area contributed by atoms with Crippen molar-refractivity contribution >= 4 is 62.7 Å². The van der Waals surface area contributed by atoms with E-state index in [0.29, 0.717) is 5.56 Å². The van der Waals surface area contributed by atoms with Crippen LogP contribution in [0, 0.1) is 11.3 Å². The molecule has 0 saturated heterocycles. The predicted octanol–water partition coefficient (Wildman–Crippen LogP) is 10.1. The number of unbranched alkanes of at least 4 members (excludes halogenated alkanes) is 5. The second-order valence-corrected chi connectivity index (χ2v) is 11.8. The van der Waals surface area contributed by atoms with Crippen molar-refractivity contribution in [2.45, 2.75) is 61.8 Å². The van der Waals surface area contributed by atoms with Gasteiger partial charge in [0.25, 0.3) is 0 Å². The van der Waals surface area contributed by atoms with Gasteiger partial charge < -0.3 is 14.6 Å². The molecule has 5 nitrogen and oxygen atoms in total. The van der Waals surface area contributed by atoms with Crippen LogP contribution in [0.5, 0.6) is 0 Å². The van der Waals surface area contributed by atoms with Gasteiger partial charge in [0.2, 0.25) is 0 Å². The molecule has 42 heavy (non-hydrogen) atoms. The van der Waals surface area contributed by atoms with Crippen LogP contribution in [0.4, 0.5) is 17.1 Å². The number of nitrogens with zero attached hydrogens (tertiary/aromatic N) is 3. The molecule has 1 aliphatic rings. The van der Waals surface area contributed by atoms with Crippen molar-refractivity contribution in [3.8, 4) is 6.07 Å². The Morgan fingerprint density at radius 3 is 2.40 bits per heavy atom. The molecule has 0 radical (unpaired) electrons. The number of anilines is 3. The number of carboxylic acid groups (broad SMARTS) is 1. The zero-order valence-electron chi connectivity index (χ0n) is 23.7. The van der Waals surface area contributed by atoms with Gasteiger partial charge in [0.05, 0.1) is 11.4 Å². The van der Waals surface area contributed by atoms with Gasteiger partial charge in [-0.25, -0.2) is 4.79 Å². The van der Waals surface area contributed by atoms with E-state index in [1.54, 1.807) is 17.8 Å². The van der Waals surface area contributed by atoms with E-state index >= 15 is 0 Å². The molecule has 0 fully saturated rings. The van der Waals surface area contributed by atoms with Gasteiger partial charge in [0, 0.05) is 43.8 Å². The number of fused-ring (bicyclic) bond motifs is 5. The van der Waals surface area contributed by atoms with E-state index in [4.69, 9.17) is 0 Å². The third kappa shape index (κ3) is 5.29. The average Bonchev–Trinajstić information content (AvgIpc) is 3.32. The normalized spacial score (nSPS) is 12.8. The molecule has 0 atom stereocenters. The zero-order valence-corrected chi connectivity index (χ0v) is 24.5. The number of rotatable bonds is 10. The lowest BCUT2D eigenvalue weighted by Gasteiger charge is -2.33. The fraction of sp³-hybridized carbons (Fsp3) is 0.222. The van der Waals surface area contributed by atoms with Crippen LogP contribution >= 0.6 is 11.8 Å². The first kappa shape index (κ1) is 27.7. The Bertz CT molecular complexity index is 1860. The number of aryl methyl sites for hydroxylation is 1. The Balaban J connectivity index is 1.42. The maximum absolute atomic E-state index is 11.4. The first-order valence-corrected chi connectivity index (χ1v) is 15.5. The molecule has 5 aromatic rings. The first-order chi connectivity index (χ1) is 20.6. The lowest BCUT2D eigenvalue weighted by Crippen LogP contribution is -2.14. The molecule has 0 unspecified atom stereocenters. The summed E-state index contributed by atoms with van der Waals surface area (Å²) in [6, 6.07) is 31.5. The third-order valence-electron chi connectivity index (χ3n) is 7.96. The zero-order chi connectivity index (χ0) is 29.1. The molecule has 0 aliphatic carbocycles. The minimum absolute atomic E-state index is 0.282. The van der Waals surface area contributed by atoms with Crippen LogP contribution < -0.4 is 4.90 Å². The molecule has 1 aliphatic heterocycles. The minimum Gasteiger partial charge on any atom is -0.477 e.